The van der Waals surface area contributed by atoms with Crippen LogP contribution in [-0.2, 0) is 16.0 Å². The Morgan fingerprint density at radius 3 is 2.58 bits per heavy atom. The molecule has 1 aliphatic rings. The minimum atomic E-state index is -0.204. The van der Waals surface area contributed by atoms with Crippen molar-refractivity contribution >= 4 is 18.4 Å². The van der Waals surface area contributed by atoms with Gasteiger partial charge in [-0.25, -0.2) is 0 Å². The molecule has 0 aliphatic carbocycles. The number of carbonyl (C=O) groups is 1. The van der Waals surface area contributed by atoms with E-state index < -0.39 is 0 Å². The maximum atomic E-state index is 12.7. The van der Waals surface area contributed by atoms with E-state index in [-0.39, 0.29) is 30.3 Å². The molecule has 2 rings (SSSR count). The number of benzene rings is 1. The number of fused-ring (bicyclic) bond motifs is 1. The van der Waals surface area contributed by atoms with E-state index in [1.54, 1.807) is 14.2 Å². The molecule has 0 bridgehead atoms. The van der Waals surface area contributed by atoms with E-state index in [1.165, 1.54) is 5.56 Å². The average molecular weight is 386 g/mol. The van der Waals surface area contributed by atoms with Crippen LogP contribution in [0.5, 0.6) is 11.5 Å². The fourth-order valence-corrected chi connectivity index (χ4v) is 3.78. The Morgan fingerprint density at radius 2 is 2.00 bits per heavy atom. The summed E-state index contributed by atoms with van der Waals surface area (Å²) in [5.41, 5.74) is 2.30. The first-order chi connectivity index (χ1) is 12.1. The van der Waals surface area contributed by atoms with Gasteiger partial charge in [0.15, 0.2) is 11.5 Å². The third kappa shape index (κ3) is 4.63. The largest absolute Gasteiger partial charge is 0.493 e. The molecule has 0 fully saturated rings. The molecule has 2 unspecified atom stereocenters. The Morgan fingerprint density at radius 1 is 1.27 bits per heavy atom. The summed E-state index contributed by atoms with van der Waals surface area (Å²) in [6, 6.07) is 3.99. The summed E-state index contributed by atoms with van der Waals surface area (Å²) in [4.78, 5) is 15.0. The van der Waals surface area contributed by atoms with Crippen LogP contribution in [0.3, 0.4) is 0 Å². The van der Waals surface area contributed by atoms with Crippen LogP contribution in [0.2, 0.25) is 0 Å². The number of nitrogens with zero attached hydrogens (tertiary/aromatic N) is 1. The fourth-order valence-electron chi connectivity index (χ4n) is 3.78. The van der Waals surface area contributed by atoms with Crippen LogP contribution in [0, 0.1) is 5.92 Å². The molecule has 0 spiro atoms. The summed E-state index contributed by atoms with van der Waals surface area (Å²) in [5.74, 6) is 1.12. The monoisotopic (exact) mass is 385 g/mol. The molecule has 1 aliphatic heterocycles. The maximum absolute atomic E-state index is 12.7. The molecule has 1 aromatic rings. The van der Waals surface area contributed by atoms with Crippen LogP contribution in [-0.4, -0.2) is 45.3 Å². The van der Waals surface area contributed by atoms with Gasteiger partial charge in [-0.1, -0.05) is 25.8 Å². The number of halogens is 1. The number of unbranched alkanes of at least 4 members (excludes halogenated alkanes) is 1. The van der Waals surface area contributed by atoms with E-state index in [9.17, 15) is 4.79 Å². The van der Waals surface area contributed by atoms with Gasteiger partial charge in [-0.15, -0.1) is 12.4 Å². The van der Waals surface area contributed by atoms with Crippen LogP contribution in [0.25, 0.3) is 0 Å². The number of rotatable bonds is 8. The van der Waals surface area contributed by atoms with E-state index in [0.717, 1.165) is 43.5 Å². The van der Waals surface area contributed by atoms with Crippen LogP contribution in [0.1, 0.15) is 50.3 Å². The number of hydrogen-bond donors (Lipinski definition) is 0. The first-order valence-electron chi connectivity index (χ1n) is 9.19. The van der Waals surface area contributed by atoms with Gasteiger partial charge in [-0.3, -0.25) is 9.69 Å². The maximum Gasteiger partial charge on any atom is 0.310 e. The van der Waals surface area contributed by atoms with Gasteiger partial charge in [0.2, 0.25) is 0 Å². The molecule has 0 radical (unpaired) electrons. The van der Waals surface area contributed by atoms with Crippen molar-refractivity contribution < 1.29 is 19.0 Å². The molecule has 1 aromatic carbocycles. The molecule has 0 N–H and O–H groups in total. The lowest BCUT2D eigenvalue weighted by molar-refractivity contribution is -0.151. The normalized spacial score (nSPS) is 17.7. The van der Waals surface area contributed by atoms with Crippen molar-refractivity contribution in [3.05, 3.63) is 23.3 Å². The molecular weight excluding hydrogens is 354 g/mol. The number of hydrogen-bond acceptors (Lipinski definition) is 5. The predicted molar refractivity (Wildman–Crippen MR) is 106 cm³/mol. The summed E-state index contributed by atoms with van der Waals surface area (Å²) in [6.07, 6.45) is 3.79. The zero-order chi connectivity index (χ0) is 18.4. The topological polar surface area (TPSA) is 48.0 Å². The van der Waals surface area contributed by atoms with Crippen molar-refractivity contribution in [1.29, 1.82) is 0 Å². The Balaban J connectivity index is 0.00000338. The standard InChI is InChI=1S/C20H31NO4.ClH/c1-6-8-9-15(20(22)25-7-2)18-17-14(12-13-21(18)3)10-11-16(23-4)19(17)24-5;/h10-11,15,18H,6-9,12-13H2,1-5H3;1H. The molecule has 1 heterocycles. The minimum absolute atomic E-state index is 0. The molecule has 5 nitrogen and oxygen atoms in total. The van der Waals surface area contributed by atoms with Gasteiger partial charge in [0.25, 0.3) is 0 Å². The molecule has 6 heteroatoms. The van der Waals surface area contributed by atoms with Gasteiger partial charge >= 0.3 is 5.97 Å². The number of carbonyl (C=O) groups excluding carboxylic acids is 1. The summed E-state index contributed by atoms with van der Waals surface area (Å²) < 4.78 is 16.6. The van der Waals surface area contributed by atoms with E-state index in [0.29, 0.717) is 12.4 Å². The first kappa shape index (κ1) is 22.6. The lowest BCUT2D eigenvalue weighted by atomic mass is 9.81. The smallest absolute Gasteiger partial charge is 0.310 e. The highest BCUT2D eigenvalue weighted by Gasteiger charge is 2.39. The molecule has 2 atom stereocenters. The fraction of sp³-hybridized carbons (Fsp3) is 0.650. The van der Waals surface area contributed by atoms with Crippen molar-refractivity contribution in [2.75, 3.05) is 34.4 Å². The quantitative estimate of drug-likeness (QED) is 0.632. The van der Waals surface area contributed by atoms with Gasteiger partial charge in [-0.2, -0.15) is 0 Å². The zero-order valence-electron chi connectivity index (χ0n) is 16.5. The van der Waals surface area contributed by atoms with Gasteiger partial charge in [0, 0.05) is 12.1 Å². The Kier molecular flexibility index (Phi) is 9.23. The number of ether oxygens (including phenoxy) is 3. The summed E-state index contributed by atoms with van der Waals surface area (Å²) in [7, 11) is 5.38. The second-order valence-electron chi connectivity index (χ2n) is 6.55. The van der Waals surface area contributed by atoms with E-state index >= 15 is 0 Å². The molecule has 148 valence electrons. The Bertz CT molecular complexity index is 593. The predicted octanol–water partition coefficient (Wildman–Crippen LogP) is 4.02. The highest BCUT2D eigenvalue weighted by Crippen LogP contribution is 2.45. The van der Waals surface area contributed by atoms with Crippen LogP contribution in [0.15, 0.2) is 12.1 Å². The third-order valence-electron chi connectivity index (χ3n) is 5.02. The second kappa shape index (κ2) is 10.6. The summed E-state index contributed by atoms with van der Waals surface area (Å²) >= 11 is 0. The van der Waals surface area contributed by atoms with Crippen LogP contribution in [0.4, 0.5) is 0 Å². The van der Waals surface area contributed by atoms with Gasteiger partial charge in [-0.05, 0) is 38.4 Å². The lowest BCUT2D eigenvalue weighted by Gasteiger charge is -2.39. The molecular formula is C20H32ClNO4. The number of methoxy groups -OCH3 is 2. The SMILES string of the molecule is CCCCC(C(=O)OCC)C1c2c(ccc(OC)c2OC)CCN1C.Cl. The summed E-state index contributed by atoms with van der Waals surface area (Å²) in [5, 5.41) is 0. The minimum Gasteiger partial charge on any atom is -0.493 e. The van der Waals surface area contributed by atoms with Gasteiger partial charge in [0.05, 0.1) is 32.8 Å². The number of esters is 1. The van der Waals surface area contributed by atoms with E-state index in [4.69, 9.17) is 14.2 Å². The first-order valence-corrected chi connectivity index (χ1v) is 9.19. The van der Waals surface area contributed by atoms with Crippen molar-refractivity contribution in [3.63, 3.8) is 0 Å². The van der Waals surface area contributed by atoms with Crippen LogP contribution < -0.4 is 9.47 Å². The van der Waals surface area contributed by atoms with Crippen molar-refractivity contribution in [2.45, 2.75) is 45.6 Å². The van der Waals surface area contributed by atoms with E-state index in [2.05, 4.69) is 24.9 Å². The van der Waals surface area contributed by atoms with E-state index in [1.807, 2.05) is 13.0 Å². The number of likely N-dealkylation sites (N-methyl/N-ethyl adjacent to an activating group) is 1. The molecule has 26 heavy (non-hydrogen) atoms. The summed E-state index contributed by atoms with van der Waals surface area (Å²) in [6.45, 7) is 5.32. The lowest BCUT2D eigenvalue weighted by Crippen LogP contribution is -2.40. The van der Waals surface area contributed by atoms with Crippen molar-refractivity contribution in [3.8, 4) is 11.5 Å². The van der Waals surface area contributed by atoms with Crippen LogP contribution >= 0.6 is 12.4 Å². The average Bonchev–Trinajstić information content (AvgIpc) is 2.62. The molecule has 0 aromatic heterocycles. The van der Waals surface area contributed by atoms with Crippen molar-refractivity contribution in [1.82, 2.24) is 4.90 Å². The third-order valence-corrected chi connectivity index (χ3v) is 5.02. The second-order valence-corrected chi connectivity index (χ2v) is 6.55. The molecule has 0 saturated heterocycles. The Labute approximate surface area is 163 Å². The van der Waals surface area contributed by atoms with Gasteiger partial charge in [0.1, 0.15) is 0 Å². The zero-order valence-corrected chi connectivity index (χ0v) is 17.4. The highest BCUT2D eigenvalue weighted by atomic mass is 35.5. The Hall–Kier alpha value is -1.46. The molecule has 0 saturated carbocycles. The molecule has 0 amide bonds. The van der Waals surface area contributed by atoms with Crippen molar-refractivity contribution in [2.24, 2.45) is 5.92 Å². The van der Waals surface area contributed by atoms with Gasteiger partial charge < -0.3 is 14.2 Å². The highest BCUT2D eigenvalue weighted by molar-refractivity contribution is 5.85.